The van der Waals surface area contributed by atoms with Crippen LogP contribution in [0.25, 0.3) is 0 Å². The Morgan fingerprint density at radius 1 is 1.10 bits per heavy atom. The molecule has 0 bridgehead atoms. The van der Waals surface area contributed by atoms with Crippen LogP contribution in [0.15, 0.2) is 48.6 Å². The molecule has 0 fully saturated rings. The van der Waals surface area contributed by atoms with E-state index in [0.29, 0.717) is 6.42 Å². The summed E-state index contributed by atoms with van der Waals surface area (Å²) in [6.07, 6.45) is 22.2. The van der Waals surface area contributed by atoms with Gasteiger partial charge in [0.1, 0.15) is 0 Å². The second kappa shape index (κ2) is 10.2. The minimum atomic E-state index is -1.45. The van der Waals surface area contributed by atoms with Crippen molar-refractivity contribution in [3.05, 3.63) is 48.6 Å². The van der Waals surface area contributed by atoms with Crippen LogP contribution in [0.3, 0.4) is 0 Å². The average Bonchev–Trinajstić information content (AvgIpc) is 2.80. The fourth-order valence-corrected chi connectivity index (χ4v) is 1.97. The molecule has 21 heavy (non-hydrogen) atoms. The van der Waals surface area contributed by atoms with Crippen LogP contribution in [0.1, 0.15) is 51.9 Å². The summed E-state index contributed by atoms with van der Waals surface area (Å²) in [6.45, 7) is 2.21. The van der Waals surface area contributed by atoms with Crippen molar-refractivity contribution in [2.75, 3.05) is 0 Å². The lowest BCUT2D eigenvalue weighted by atomic mass is 10.1. The second-order valence-corrected chi connectivity index (χ2v) is 5.18. The lowest BCUT2D eigenvalue weighted by Gasteiger charge is -2.17. The molecule has 1 aliphatic rings. The van der Waals surface area contributed by atoms with E-state index in [4.69, 9.17) is 4.74 Å². The van der Waals surface area contributed by atoms with Gasteiger partial charge in [0.25, 0.3) is 0 Å². The van der Waals surface area contributed by atoms with E-state index >= 15 is 0 Å². The Balaban J connectivity index is 2.05. The Labute approximate surface area is 127 Å². The summed E-state index contributed by atoms with van der Waals surface area (Å²) in [4.78, 5) is 10.9. The summed E-state index contributed by atoms with van der Waals surface area (Å²) in [7, 11) is 0. The Morgan fingerprint density at radius 2 is 1.76 bits per heavy atom. The first kappa shape index (κ1) is 17.4. The standard InChI is InChI=1S/C18H26O3/c1-2-3-4-5-6-7-8-9-10-11-12-13-15-18(20)16-14-17(19)21-18/h6-7,9-10,12-14,16,20H,2-5,8,11,15H2,1H3/b7-6-,10-9-,13-12-/t18-/m0/s1. The Bertz CT molecular complexity index is 418. The largest absolute Gasteiger partial charge is 0.426 e. The Morgan fingerprint density at radius 3 is 2.38 bits per heavy atom. The maximum Gasteiger partial charge on any atom is 0.333 e. The van der Waals surface area contributed by atoms with Gasteiger partial charge in [0.05, 0.1) is 0 Å². The van der Waals surface area contributed by atoms with Gasteiger partial charge in [-0.25, -0.2) is 4.79 Å². The zero-order valence-corrected chi connectivity index (χ0v) is 12.8. The molecule has 1 atom stereocenters. The number of allylic oxidation sites excluding steroid dienone is 5. The van der Waals surface area contributed by atoms with Crippen molar-refractivity contribution >= 4 is 5.97 Å². The van der Waals surface area contributed by atoms with Gasteiger partial charge in [-0.2, -0.15) is 0 Å². The monoisotopic (exact) mass is 290 g/mol. The van der Waals surface area contributed by atoms with Gasteiger partial charge >= 0.3 is 5.97 Å². The highest BCUT2D eigenvalue weighted by molar-refractivity contribution is 5.84. The molecule has 0 aromatic rings. The predicted molar refractivity (Wildman–Crippen MR) is 85.6 cm³/mol. The highest BCUT2D eigenvalue weighted by Crippen LogP contribution is 2.20. The summed E-state index contributed by atoms with van der Waals surface area (Å²) < 4.78 is 4.78. The topological polar surface area (TPSA) is 46.5 Å². The summed E-state index contributed by atoms with van der Waals surface area (Å²) in [6, 6.07) is 0. The number of esters is 1. The molecule has 0 aromatic heterocycles. The minimum absolute atomic E-state index is 0.292. The summed E-state index contributed by atoms with van der Waals surface area (Å²) in [5, 5.41) is 9.81. The third-order valence-electron chi connectivity index (χ3n) is 3.19. The van der Waals surface area contributed by atoms with Crippen LogP contribution < -0.4 is 0 Å². The number of ether oxygens (including phenoxy) is 1. The van der Waals surface area contributed by atoms with Gasteiger partial charge in [0.15, 0.2) is 0 Å². The van der Waals surface area contributed by atoms with E-state index in [1.165, 1.54) is 37.8 Å². The van der Waals surface area contributed by atoms with Crippen LogP contribution in [0.2, 0.25) is 0 Å². The van der Waals surface area contributed by atoms with E-state index in [0.717, 1.165) is 12.8 Å². The quantitative estimate of drug-likeness (QED) is 0.372. The summed E-state index contributed by atoms with van der Waals surface area (Å²) in [5.74, 6) is -1.94. The lowest BCUT2D eigenvalue weighted by molar-refractivity contribution is -0.176. The van der Waals surface area contributed by atoms with E-state index in [9.17, 15) is 9.90 Å². The molecule has 1 aliphatic heterocycles. The van der Waals surface area contributed by atoms with E-state index < -0.39 is 11.8 Å². The third-order valence-corrected chi connectivity index (χ3v) is 3.19. The van der Waals surface area contributed by atoms with Crippen molar-refractivity contribution in [2.45, 2.75) is 57.7 Å². The molecule has 0 saturated heterocycles. The molecular weight excluding hydrogens is 264 g/mol. The summed E-state index contributed by atoms with van der Waals surface area (Å²) in [5.41, 5.74) is 0. The number of rotatable bonds is 10. The Kier molecular flexibility index (Phi) is 8.44. The van der Waals surface area contributed by atoms with Crippen LogP contribution in [0, 0.1) is 0 Å². The number of carbonyl (C=O) groups excluding carboxylic acids is 1. The first-order valence-corrected chi connectivity index (χ1v) is 7.76. The summed E-state index contributed by atoms with van der Waals surface area (Å²) >= 11 is 0. The van der Waals surface area contributed by atoms with Gasteiger partial charge < -0.3 is 9.84 Å². The molecule has 0 aliphatic carbocycles. The normalized spacial score (nSPS) is 22.1. The van der Waals surface area contributed by atoms with Crippen LogP contribution in [-0.4, -0.2) is 16.9 Å². The van der Waals surface area contributed by atoms with Gasteiger partial charge in [-0.1, -0.05) is 56.2 Å². The van der Waals surface area contributed by atoms with Crippen molar-refractivity contribution in [3.8, 4) is 0 Å². The first-order valence-electron chi connectivity index (χ1n) is 7.76. The van der Waals surface area contributed by atoms with Crippen molar-refractivity contribution in [1.29, 1.82) is 0 Å². The van der Waals surface area contributed by atoms with Crippen LogP contribution in [-0.2, 0) is 9.53 Å². The van der Waals surface area contributed by atoms with Crippen LogP contribution in [0.5, 0.6) is 0 Å². The van der Waals surface area contributed by atoms with Gasteiger partial charge in [-0.3, -0.25) is 0 Å². The minimum Gasteiger partial charge on any atom is -0.426 e. The number of cyclic esters (lactones) is 1. The van der Waals surface area contributed by atoms with Crippen molar-refractivity contribution in [1.82, 2.24) is 0 Å². The van der Waals surface area contributed by atoms with Gasteiger partial charge in [-0.15, -0.1) is 0 Å². The zero-order chi connectivity index (χ0) is 15.4. The van der Waals surface area contributed by atoms with E-state index in [1.54, 1.807) is 0 Å². The molecule has 3 heteroatoms. The fourth-order valence-electron chi connectivity index (χ4n) is 1.97. The smallest absolute Gasteiger partial charge is 0.333 e. The van der Waals surface area contributed by atoms with Gasteiger partial charge in [-0.05, 0) is 31.8 Å². The molecule has 1 rings (SSSR count). The van der Waals surface area contributed by atoms with Crippen molar-refractivity contribution in [3.63, 3.8) is 0 Å². The van der Waals surface area contributed by atoms with E-state index in [2.05, 4.69) is 31.2 Å². The van der Waals surface area contributed by atoms with E-state index in [-0.39, 0.29) is 0 Å². The fraction of sp³-hybridized carbons (Fsp3) is 0.500. The van der Waals surface area contributed by atoms with E-state index in [1.807, 2.05) is 12.2 Å². The Hall–Kier alpha value is -1.61. The molecular formula is C18H26O3. The van der Waals surface area contributed by atoms with Crippen molar-refractivity contribution < 1.29 is 14.6 Å². The molecule has 0 amide bonds. The highest BCUT2D eigenvalue weighted by atomic mass is 16.7. The van der Waals surface area contributed by atoms with Gasteiger partial charge in [0.2, 0.25) is 5.79 Å². The molecule has 1 N–H and O–H groups in total. The number of hydrogen-bond acceptors (Lipinski definition) is 3. The number of unbranched alkanes of at least 4 members (excludes halogenated alkanes) is 3. The molecule has 116 valence electrons. The highest BCUT2D eigenvalue weighted by Gasteiger charge is 2.31. The predicted octanol–water partition coefficient (Wildman–Crippen LogP) is 4.21. The number of aliphatic hydroxyl groups is 1. The second-order valence-electron chi connectivity index (χ2n) is 5.18. The SMILES string of the molecule is CCCCC/C=C\C/C=C\C/C=C\C[C@@]1(O)C=CC(=O)O1. The molecule has 1 heterocycles. The van der Waals surface area contributed by atoms with Gasteiger partial charge in [0, 0.05) is 12.5 Å². The zero-order valence-electron chi connectivity index (χ0n) is 12.8. The molecule has 3 nitrogen and oxygen atoms in total. The molecule has 0 aromatic carbocycles. The molecule has 0 saturated carbocycles. The number of carbonyl (C=O) groups is 1. The molecule has 0 spiro atoms. The third kappa shape index (κ3) is 8.30. The molecule has 0 radical (unpaired) electrons. The number of hydrogen-bond donors (Lipinski definition) is 1. The average molecular weight is 290 g/mol. The maximum atomic E-state index is 10.9. The first-order chi connectivity index (χ1) is 10.2. The maximum absolute atomic E-state index is 10.9. The lowest BCUT2D eigenvalue weighted by Crippen LogP contribution is -2.26. The van der Waals surface area contributed by atoms with Crippen molar-refractivity contribution in [2.24, 2.45) is 0 Å². The van der Waals surface area contributed by atoms with Crippen LogP contribution in [0.4, 0.5) is 0 Å². The molecule has 0 unspecified atom stereocenters. The van der Waals surface area contributed by atoms with Crippen LogP contribution >= 0.6 is 0 Å².